The number of aromatic nitrogens is 2. The summed E-state index contributed by atoms with van der Waals surface area (Å²) in [6.07, 6.45) is 0. The molecule has 8 heteroatoms. The molecule has 0 N–H and O–H groups in total. The van der Waals surface area contributed by atoms with Crippen LogP contribution in [0.2, 0.25) is 0 Å². The van der Waals surface area contributed by atoms with Crippen molar-refractivity contribution in [2.24, 2.45) is 4.99 Å². The number of urea groups is 1. The van der Waals surface area contributed by atoms with Crippen LogP contribution in [0.1, 0.15) is 36.4 Å². The molecule has 8 nitrogen and oxygen atoms in total. The summed E-state index contributed by atoms with van der Waals surface area (Å²) in [5.41, 5.74) is 3.80. The number of rotatable bonds is 3. The average molecular weight is 407 g/mol. The fourth-order valence-corrected chi connectivity index (χ4v) is 4.13. The number of amides is 3. The molecule has 1 saturated heterocycles. The van der Waals surface area contributed by atoms with Crippen molar-refractivity contribution in [1.29, 1.82) is 0 Å². The molecule has 2 aliphatic rings. The van der Waals surface area contributed by atoms with Gasteiger partial charge in [-0.25, -0.2) is 9.37 Å². The van der Waals surface area contributed by atoms with E-state index < -0.39 is 6.04 Å². The minimum atomic E-state index is -0.656. The minimum absolute atomic E-state index is 0.0125. The molecule has 0 spiro atoms. The third kappa shape index (κ3) is 3.12. The van der Waals surface area contributed by atoms with Crippen molar-refractivity contribution in [3.63, 3.8) is 0 Å². The van der Waals surface area contributed by atoms with E-state index >= 15 is 0 Å². The van der Waals surface area contributed by atoms with E-state index in [1.54, 1.807) is 11.7 Å². The lowest BCUT2D eigenvalue weighted by molar-refractivity contribution is -0.567. The van der Waals surface area contributed by atoms with Gasteiger partial charge >= 0.3 is 12.0 Å². The highest BCUT2D eigenvalue weighted by atomic mass is 16.2. The average Bonchev–Trinajstić information content (AvgIpc) is 3.23. The zero-order valence-electron chi connectivity index (χ0n) is 18.2. The van der Waals surface area contributed by atoms with Crippen molar-refractivity contribution < 1.29 is 14.2 Å². The summed E-state index contributed by atoms with van der Waals surface area (Å²) in [4.78, 5) is 34.1. The first-order chi connectivity index (χ1) is 14.2. The molecule has 3 heterocycles. The van der Waals surface area contributed by atoms with Gasteiger partial charge in [0.2, 0.25) is 11.9 Å². The van der Waals surface area contributed by atoms with Crippen molar-refractivity contribution in [2.45, 2.75) is 53.2 Å². The second-order valence-electron chi connectivity index (χ2n) is 8.27. The highest BCUT2D eigenvalue weighted by molar-refractivity contribution is 6.22. The van der Waals surface area contributed by atoms with Crippen LogP contribution in [0.25, 0.3) is 0 Å². The number of benzene rings is 1. The molecule has 1 fully saturated rings. The van der Waals surface area contributed by atoms with Crippen LogP contribution in [0.5, 0.6) is 0 Å². The Bertz CT molecular complexity index is 1110. The van der Waals surface area contributed by atoms with Gasteiger partial charge in [0.25, 0.3) is 5.91 Å². The third-order valence-electron chi connectivity index (χ3n) is 5.51. The zero-order chi connectivity index (χ0) is 21.7. The number of amidine groups is 1. The first-order valence-electron chi connectivity index (χ1n) is 10.1. The maximum absolute atomic E-state index is 13.5. The summed E-state index contributed by atoms with van der Waals surface area (Å²) in [5.74, 6) is 0.756. The lowest BCUT2D eigenvalue weighted by Gasteiger charge is -2.34. The summed E-state index contributed by atoms with van der Waals surface area (Å²) in [5, 5.41) is 4.55. The lowest BCUT2D eigenvalue weighted by Crippen LogP contribution is -2.63. The second kappa shape index (κ2) is 7.19. The van der Waals surface area contributed by atoms with Crippen LogP contribution in [-0.2, 0) is 11.3 Å². The van der Waals surface area contributed by atoms with Crippen LogP contribution >= 0.6 is 0 Å². The predicted octanol–water partition coefficient (Wildman–Crippen LogP) is 2.31. The Balaban J connectivity index is 1.79. The predicted molar refractivity (Wildman–Crippen MR) is 114 cm³/mol. The largest absolute Gasteiger partial charge is 0.421 e. The number of aryl methyl sites for hydroxylation is 3. The maximum Gasteiger partial charge on any atom is 0.421 e. The summed E-state index contributed by atoms with van der Waals surface area (Å²) in [6.45, 7) is 10.1. The van der Waals surface area contributed by atoms with Gasteiger partial charge in [-0.15, -0.1) is 9.78 Å². The van der Waals surface area contributed by atoms with Crippen LogP contribution in [0.3, 0.4) is 0 Å². The Hall–Kier alpha value is -3.29. The van der Waals surface area contributed by atoms with Crippen LogP contribution in [-0.4, -0.2) is 67.0 Å². The third-order valence-corrected chi connectivity index (χ3v) is 5.51. The molecule has 3 amide bonds. The summed E-state index contributed by atoms with van der Waals surface area (Å²) in [7, 11) is 1.67. The number of imide groups is 1. The zero-order valence-corrected chi connectivity index (χ0v) is 18.2. The summed E-state index contributed by atoms with van der Waals surface area (Å²) >= 11 is 0. The van der Waals surface area contributed by atoms with Gasteiger partial charge in [0.05, 0.1) is 18.3 Å². The Labute approximate surface area is 176 Å². The Morgan fingerprint density at radius 3 is 2.47 bits per heavy atom. The van der Waals surface area contributed by atoms with Crippen molar-refractivity contribution in [3.05, 3.63) is 52.8 Å². The molecule has 2 aromatic rings. The number of aliphatic imine (C=N–C) groups is 1. The first kappa shape index (κ1) is 20.0. The van der Waals surface area contributed by atoms with Crippen LogP contribution in [0.4, 0.5) is 4.79 Å². The molecule has 0 saturated carbocycles. The lowest BCUT2D eigenvalue weighted by atomic mass is 10.1. The molecule has 0 bridgehead atoms. The van der Waals surface area contributed by atoms with Crippen molar-refractivity contribution in [3.8, 4) is 0 Å². The van der Waals surface area contributed by atoms with E-state index in [1.165, 1.54) is 9.80 Å². The number of carbonyl (C=O) groups excluding carboxylic acids is 2. The van der Waals surface area contributed by atoms with E-state index in [4.69, 9.17) is 4.99 Å². The van der Waals surface area contributed by atoms with E-state index in [9.17, 15) is 9.59 Å². The van der Waals surface area contributed by atoms with E-state index in [2.05, 4.69) is 5.10 Å². The summed E-state index contributed by atoms with van der Waals surface area (Å²) in [6, 6.07) is 8.78. The fourth-order valence-electron chi connectivity index (χ4n) is 4.13. The first-order valence-corrected chi connectivity index (χ1v) is 10.1. The Morgan fingerprint density at radius 2 is 1.87 bits per heavy atom. The molecule has 0 radical (unpaired) electrons. The maximum atomic E-state index is 13.5. The highest BCUT2D eigenvalue weighted by Gasteiger charge is 2.53. The van der Waals surface area contributed by atoms with Crippen LogP contribution in [0.15, 0.2) is 35.3 Å². The molecule has 1 atom stereocenters. The van der Waals surface area contributed by atoms with Gasteiger partial charge in [-0.05, 0) is 46.2 Å². The fraction of sp³-hybridized carbons (Fsp3) is 0.409. The molecule has 0 aliphatic carbocycles. The monoisotopic (exact) mass is 407 g/mol. The topological polar surface area (TPSA) is 73.8 Å². The minimum Gasteiger partial charge on any atom is -0.270 e. The number of hydrogen-bond donors (Lipinski definition) is 0. The molecular weight excluding hydrogens is 380 g/mol. The molecule has 4 rings (SSSR count). The molecule has 156 valence electrons. The van der Waals surface area contributed by atoms with Crippen LogP contribution < -0.4 is 0 Å². The van der Waals surface area contributed by atoms with Gasteiger partial charge in [-0.1, -0.05) is 34.8 Å². The smallest absolute Gasteiger partial charge is 0.270 e. The van der Waals surface area contributed by atoms with E-state index in [1.807, 2.05) is 69.5 Å². The van der Waals surface area contributed by atoms with Gasteiger partial charge in [0.1, 0.15) is 5.69 Å². The van der Waals surface area contributed by atoms with E-state index in [0.717, 1.165) is 22.5 Å². The number of fused-ring (bicyclic) bond motifs is 1. The molecular formula is C22H27N6O2+. The second-order valence-corrected chi connectivity index (χ2v) is 8.27. The molecule has 30 heavy (non-hydrogen) atoms. The standard InChI is InChI=1S/C22H27N6O2/c1-13(2)27-18-19(23-21(27)28-16(5)11-15(4)24-28)25(6)22(30)26(20(18)29)12-17-9-7-8-14(3)10-17/h7-11,13,18H,12H2,1-6H3/q+1. The number of nitrogens with zero attached hydrogens (tertiary/aromatic N) is 6. The van der Waals surface area contributed by atoms with Crippen molar-refractivity contribution in [1.82, 2.24) is 19.6 Å². The molecule has 1 unspecified atom stereocenters. The van der Waals surface area contributed by atoms with Crippen molar-refractivity contribution in [2.75, 3.05) is 7.05 Å². The van der Waals surface area contributed by atoms with Gasteiger partial charge in [-0.2, -0.15) is 0 Å². The van der Waals surface area contributed by atoms with Crippen molar-refractivity contribution >= 4 is 23.7 Å². The molecule has 1 aromatic heterocycles. The van der Waals surface area contributed by atoms with Gasteiger partial charge in [0.15, 0.2) is 0 Å². The Morgan fingerprint density at radius 1 is 1.13 bits per heavy atom. The van der Waals surface area contributed by atoms with Gasteiger partial charge in [-0.3, -0.25) is 14.6 Å². The van der Waals surface area contributed by atoms with Gasteiger partial charge in [0, 0.05) is 7.05 Å². The Kier molecular flexibility index (Phi) is 4.80. The number of likely N-dealkylation sites (N-methyl/N-ethyl adjacent to an activating group) is 1. The van der Waals surface area contributed by atoms with Gasteiger partial charge < -0.3 is 0 Å². The number of carbonyl (C=O) groups is 2. The number of hydrogen-bond acceptors (Lipinski definition) is 4. The van der Waals surface area contributed by atoms with Crippen LogP contribution in [0, 0.1) is 20.8 Å². The normalized spacial score (nSPS) is 19.2. The summed E-state index contributed by atoms with van der Waals surface area (Å²) < 4.78 is 3.69. The quantitative estimate of drug-likeness (QED) is 0.733. The highest BCUT2D eigenvalue weighted by Crippen LogP contribution is 2.24. The SMILES string of the molecule is Cc1cccc(CN2C(=O)C3C(=NC(n4nc(C)cc4C)=[N+]3C(C)C)N(C)C2=O)c1. The van der Waals surface area contributed by atoms with E-state index in [0.29, 0.717) is 11.8 Å². The van der Waals surface area contributed by atoms with E-state index in [-0.39, 0.29) is 24.5 Å². The molecule has 1 aromatic carbocycles. The molecule has 2 aliphatic heterocycles.